The van der Waals surface area contributed by atoms with Crippen molar-refractivity contribution in [3.63, 3.8) is 0 Å². The zero-order valence-corrected chi connectivity index (χ0v) is 11.7. The Morgan fingerprint density at radius 3 is 2.11 bits per heavy atom. The maximum absolute atomic E-state index is 4.75. The Hall–Kier alpha value is -0.630. The lowest BCUT2D eigenvalue weighted by atomic mass is 9.49. The summed E-state index contributed by atoms with van der Waals surface area (Å²) in [6.07, 6.45) is 10.5. The largest absolute Gasteiger partial charge is 0.241 e. The fourth-order valence-electron chi connectivity index (χ4n) is 5.09. The van der Waals surface area contributed by atoms with Gasteiger partial charge in [0.1, 0.15) is 5.82 Å². The van der Waals surface area contributed by atoms with Crippen molar-refractivity contribution in [3.8, 4) is 0 Å². The molecule has 1 heterocycles. The highest BCUT2D eigenvalue weighted by Gasteiger charge is 2.53. The second-order valence-electron chi connectivity index (χ2n) is 6.72. The van der Waals surface area contributed by atoms with Gasteiger partial charge in [0.05, 0.1) is 0 Å². The molecule has 4 bridgehead atoms. The predicted octanol–water partition coefficient (Wildman–Crippen LogP) is 3.67. The lowest BCUT2D eigenvalue weighted by Crippen LogP contribution is -2.49. The van der Waals surface area contributed by atoms with Gasteiger partial charge in [0.15, 0.2) is 0 Å². The number of hydrogen-bond acceptors (Lipinski definition) is 2. The van der Waals surface area contributed by atoms with Crippen LogP contribution >= 0.6 is 12.4 Å². The first-order chi connectivity index (χ1) is 8.23. The van der Waals surface area contributed by atoms with Crippen molar-refractivity contribution >= 4 is 12.4 Å². The van der Waals surface area contributed by atoms with Crippen LogP contribution in [0.4, 0.5) is 0 Å². The number of rotatable bonds is 1. The van der Waals surface area contributed by atoms with Gasteiger partial charge in [-0.1, -0.05) is 0 Å². The van der Waals surface area contributed by atoms with Crippen LogP contribution in [0.3, 0.4) is 0 Å². The quantitative estimate of drug-likeness (QED) is 0.773. The number of nitrogens with zero attached hydrogens (tertiary/aromatic N) is 2. The van der Waals surface area contributed by atoms with Crippen LogP contribution in [-0.4, -0.2) is 9.97 Å². The van der Waals surface area contributed by atoms with Gasteiger partial charge in [-0.15, -0.1) is 12.4 Å². The van der Waals surface area contributed by atoms with Crippen LogP contribution in [-0.2, 0) is 5.41 Å². The normalized spacial score (nSPS) is 40.6. The molecule has 0 saturated heterocycles. The van der Waals surface area contributed by atoms with Crippen molar-refractivity contribution in [2.45, 2.75) is 50.9 Å². The highest BCUT2D eigenvalue weighted by molar-refractivity contribution is 5.85. The molecule has 0 N–H and O–H groups in total. The van der Waals surface area contributed by atoms with Crippen LogP contribution in [0.1, 0.15) is 50.0 Å². The van der Waals surface area contributed by atoms with Crippen molar-refractivity contribution in [1.82, 2.24) is 9.97 Å². The SMILES string of the molecule is Cc1ccnc(C23CC4CC(CC(C4)C2)C3)n1.Cl. The van der Waals surface area contributed by atoms with E-state index < -0.39 is 0 Å². The molecule has 4 saturated carbocycles. The van der Waals surface area contributed by atoms with Gasteiger partial charge in [-0.2, -0.15) is 0 Å². The highest BCUT2D eigenvalue weighted by atomic mass is 35.5. The summed E-state index contributed by atoms with van der Waals surface area (Å²) in [7, 11) is 0. The average molecular weight is 265 g/mol. The van der Waals surface area contributed by atoms with Crippen LogP contribution in [0, 0.1) is 24.7 Å². The minimum atomic E-state index is 0. The number of hydrogen-bond donors (Lipinski definition) is 0. The summed E-state index contributed by atoms with van der Waals surface area (Å²) >= 11 is 0. The first-order valence-electron chi connectivity index (χ1n) is 7.04. The van der Waals surface area contributed by atoms with E-state index >= 15 is 0 Å². The number of aromatic nitrogens is 2. The van der Waals surface area contributed by atoms with Gasteiger partial charge in [-0.25, -0.2) is 9.97 Å². The molecular formula is C15H21ClN2. The van der Waals surface area contributed by atoms with Gasteiger partial charge in [0.2, 0.25) is 0 Å². The molecule has 4 aliphatic rings. The third-order valence-electron chi connectivity index (χ3n) is 5.31. The first kappa shape index (κ1) is 12.4. The third kappa shape index (κ3) is 1.77. The molecule has 0 atom stereocenters. The van der Waals surface area contributed by atoms with E-state index in [0.29, 0.717) is 5.41 Å². The maximum Gasteiger partial charge on any atom is 0.134 e. The van der Waals surface area contributed by atoms with Crippen LogP contribution in [0.5, 0.6) is 0 Å². The van der Waals surface area contributed by atoms with E-state index in [1.165, 1.54) is 38.5 Å². The Labute approximate surface area is 115 Å². The van der Waals surface area contributed by atoms with Crippen molar-refractivity contribution in [2.24, 2.45) is 17.8 Å². The molecule has 0 amide bonds. The maximum atomic E-state index is 4.75. The zero-order valence-electron chi connectivity index (χ0n) is 10.9. The molecule has 0 spiro atoms. The lowest BCUT2D eigenvalue weighted by Gasteiger charge is -2.56. The highest BCUT2D eigenvalue weighted by Crippen LogP contribution is 2.60. The smallest absolute Gasteiger partial charge is 0.134 e. The summed E-state index contributed by atoms with van der Waals surface area (Å²) in [4.78, 5) is 9.37. The molecular weight excluding hydrogens is 244 g/mol. The van der Waals surface area contributed by atoms with Gasteiger partial charge in [-0.05, 0) is 69.3 Å². The summed E-state index contributed by atoms with van der Waals surface area (Å²) < 4.78 is 0. The average Bonchev–Trinajstić information content (AvgIpc) is 2.27. The third-order valence-corrected chi connectivity index (χ3v) is 5.31. The van der Waals surface area contributed by atoms with Crippen LogP contribution in [0.2, 0.25) is 0 Å². The molecule has 1 aromatic rings. The monoisotopic (exact) mass is 264 g/mol. The molecule has 0 aromatic carbocycles. The van der Waals surface area contributed by atoms with E-state index in [2.05, 4.69) is 11.9 Å². The van der Waals surface area contributed by atoms with Gasteiger partial charge < -0.3 is 0 Å². The minimum absolute atomic E-state index is 0. The minimum Gasteiger partial charge on any atom is -0.241 e. The van der Waals surface area contributed by atoms with E-state index in [0.717, 1.165) is 29.3 Å². The standard InChI is InChI=1S/C15H20N2.ClH/c1-10-2-3-16-14(17-10)15-7-11-4-12(8-15)6-13(5-11)9-15;/h2-3,11-13H,4-9H2,1H3;1H. The molecule has 5 rings (SSSR count). The summed E-state index contributed by atoms with van der Waals surface area (Å²) in [6, 6.07) is 2.02. The summed E-state index contributed by atoms with van der Waals surface area (Å²) in [5, 5.41) is 0. The Morgan fingerprint density at radius 2 is 1.61 bits per heavy atom. The van der Waals surface area contributed by atoms with E-state index in [-0.39, 0.29) is 12.4 Å². The lowest BCUT2D eigenvalue weighted by molar-refractivity contribution is -0.00947. The molecule has 3 heteroatoms. The Bertz CT molecular complexity index is 422. The fraction of sp³-hybridized carbons (Fsp3) is 0.733. The molecule has 2 nitrogen and oxygen atoms in total. The number of halogens is 1. The predicted molar refractivity (Wildman–Crippen MR) is 73.9 cm³/mol. The Balaban J connectivity index is 0.000001000. The molecule has 98 valence electrons. The molecule has 4 aliphatic carbocycles. The van der Waals surface area contributed by atoms with Crippen LogP contribution in [0.25, 0.3) is 0 Å². The van der Waals surface area contributed by atoms with E-state index in [9.17, 15) is 0 Å². The Morgan fingerprint density at radius 1 is 1.06 bits per heavy atom. The Kier molecular flexibility index (Phi) is 2.89. The van der Waals surface area contributed by atoms with Crippen LogP contribution in [0.15, 0.2) is 12.3 Å². The van der Waals surface area contributed by atoms with Gasteiger partial charge in [-0.3, -0.25) is 0 Å². The molecule has 18 heavy (non-hydrogen) atoms. The molecule has 0 unspecified atom stereocenters. The van der Waals surface area contributed by atoms with E-state index in [1.807, 2.05) is 12.3 Å². The van der Waals surface area contributed by atoms with Crippen LogP contribution < -0.4 is 0 Å². The molecule has 4 fully saturated rings. The van der Waals surface area contributed by atoms with Crippen molar-refractivity contribution < 1.29 is 0 Å². The van der Waals surface area contributed by atoms with Gasteiger partial charge >= 0.3 is 0 Å². The van der Waals surface area contributed by atoms with E-state index in [4.69, 9.17) is 4.98 Å². The summed E-state index contributed by atoms with van der Waals surface area (Å²) in [5.41, 5.74) is 1.49. The zero-order chi connectivity index (χ0) is 11.5. The van der Waals surface area contributed by atoms with Gasteiger partial charge in [0.25, 0.3) is 0 Å². The van der Waals surface area contributed by atoms with Crippen molar-refractivity contribution in [2.75, 3.05) is 0 Å². The topological polar surface area (TPSA) is 25.8 Å². The second-order valence-corrected chi connectivity index (χ2v) is 6.72. The molecule has 0 aliphatic heterocycles. The van der Waals surface area contributed by atoms with Crippen molar-refractivity contribution in [3.05, 3.63) is 23.8 Å². The summed E-state index contributed by atoms with van der Waals surface area (Å²) in [5.74, 6) is 4.10. The second kappa shape index (κ2) is 4.19. The van der Waals surface area contributed by atoms with Gasteiger partial charge in [0, 0.05) is 17.3 Å². The number of aryl methyl sites for hydroxylation is 1. The fourth-order valence-corrected chi connectivity index (χ4v) is 5.09. The van der Waals surface area contributed by atoms with E-state index in [1.54, 1.807) is 0 Å². The first-order valence-corrected chi connectivity index (χ1v) is 7.04. The van der Waals surface area contributed by atoms with Crippen molar-refractivity contribution in [1.29, 1.82) is 0 Å². The molecule has 1 aromatic heterocycles. The molecule has 0 radical (unpaired) electrons. The summed E-state index contributed by atoms with van der Waals surface area (Å²) in [6.45, 7) is 2.09.